The Kier molecular flexibility index (Phi) is 13.8. The molecule has 0 fully saturated rings. The molecule has 0 heterocycles. The van der Waals surface area contributed by atoms with E-state index in [4.69, 9.17) is 4.74 Å². The van der Waals surface area contributed by atoms with Crippen molar-refractivity contribution in [3.63, 3.8) is 0 Å². The Balaban J connectivity index is 1.99. The zero-order valence-electron chi connectivity index (χ0n) is 22.0. The largest absolute Gasteiger partial charge is 0.493 e. The number of carbonyl (C=O) groups excluding carboxylic acids is 1. The molecule has 196 valence electrons. The molecule has 0 aliphatic carbocycles. The number of aliphatic hydroxyl groups excluding tert-OH is 2. The number of rotatable bonds is 19. The Bertz CT molecular complexity index is 863. The number of benzene rings is 2. The van der Waals surface area contributed by atoms with E-state index in [1.54, 1.807) is 0 Å². The van der Waals surface area contributed by atoms with Gasteiger partial charge in [-0.3, -0.25) is 4.79 Å². The molecule has 0 saturated heterocycles. The van der Waals surface area contributed by atoms with E-state index in [1.165, 1.54) is 38.5 Å². The van der Waals surface area contributed by atoms with Crippen LogP contribution in [0.1, 0.15) is 96.5 Å². The second-order valence-corrected chi connectivity index (χ2v) is 9.84. The summed E-state index contributed by atoms with van der Waals surface area (Å²) in [4.78, 5) is 12.5. The number of hydrogen-bond acceptors (Lipinski definition) is 4. The summed E-state index contributed by atoms with van der Waals surface area (Å²) in [5.41, 5.74) is 0.103. The van der Waals surface area contributed by atoms with E-state index in [1.807, 2.05) is 18.2 Å². The maximum absolute atomic E-state index is 12.5. The molecule has 0 unspecified atom stereocenters. The van der Waals surface area contributed by atoms with Crippen LogP contribution in [-0.4, -0.2) is 41.5 Å². The number of amides is 1. The average Bonchev–Trinajstić information content (AvgIpc) is 2.89. The Morgan fingerprint density at radius 3 is 2.11 bits per heavy atom. The van der Waals surface area contributed by atoms with Gasteiger partial charge in [-0.05, 0) is 42.7 Å². The van der Waals surface area contributed by atoms with Crippen molar-refractivity contribution in [2.45, 2.75) is 103 Å². The van der Waals surface area contributed by atoms with Crippen molar-refractivity contribution in [1.29, 1.82) is 0 Å². The first-order valence-corrected chi connectivity index (χ1v) is 13.7. The molecule has 0 saturated carbocycles. The first-order valence-electron chi connectivity index (χ1n) is 13.7. The van der Waals surface area contributed by atoms with Gasteiger partial charge in [-0.25, -0.2) is 0 Å². The number of nitrogens with one attached hydrogen (secondary N) is 1. The molecule has 0 atom stereocenters. The smallest absolute Gasteiger partial charge is 0.220 e. The first-order chi connectivity index (χ1) is 17.1. The molecule has 0 bridgehead atoms. The molecule has 0 aliphatic heterocycles. The fourth-order valence-corrected chi connectivity index (χ4v) is 4.54. The van der Waals surface area contributed by atoms with Crippen LogP contribution in [0.5, 0.6) is 5.75 Å². The minimum absolute atomic E-state index is 0.0999. The zero-order chi connectivity index (χ0) is 25.4. The van der Waals surface area contributed by atoms with Crippen molar-refractivity contribution in [2.75, 3.05) is 19.8 Å². The number of carbonyl (C=O) groups is 1. The molecule has 35 heavy (non-hydrogen) atoms. The summed E-state index contributed by atoms with van der Waals surface area (Å²) < 4.78 is 6.12. The van der Waals surface area contributed by atoms with E-state index in [0.717, 1.165) is 54.4 Å². The highest BCUT2D eigenvalue weighted by atomic mass is 16.5. The molecule has 1 amide bonds. The van der Waals surface area contributed by atoms with Gasteiger partial charge in [0.15, 0.2) is 0 Å². The van der Waals surface area contributed by atoms with Crippen molar-refractivity contribution >= 4 is 16.7 Å². The van der Waals surface area contributed by atoms with Gasteiger partial charge in [0.25, 0.3) is 0 Å². The predicted octanol–water partition coefficient (Wildman–Crippen LogP) is 6.32. The highest BCUT2D eigenvalue weighted by Crippen LogP contribution is 2.30. The van der Waals surface area contributed by atoms with Gasteiger partial charge in [-0.15, -0.1) is 0 Å². The SMILES string of the molecule is CCCCCCCOc1ccc(CCC(CO)(CO)NC(=O)CCCCCCC)c2ccccc12. The summed E-state index contributed by atoms with van der Waals surface area (Å²) in [5, 5.41) is 25.3. The van der Waals surface area contributed by atoms with E-state index < -0.39 is 5.54 Å². The lowest BCUT2D eigenvalue weighted by molar-refractivity contribution is -0.124. The number of aliphatic hydroxyl groups is 2. The quantitative estimate of drug-likeness (QED) is 0.203. The number of fused-ring (bicyclic) bond motifs is 1. The Hall–Kier alpha value is -2.11. The molecule has 5 nitrogen and oxygen atoms in total. The Morgan fingerprint density at radius 1 is 0.829 bits per heavy atom. The van der Waals surface area contributed by atoms with Crippen LogP contribution >= 0.6 is 0 Å². The first kappa shape index (κ1) is 29.1. The maximum atomic E-state index is 12.5. The van der Waals surface area contributed by atoms with Crippen LogP contribution in [-0.2, 0) is 11.2 Å². The second kappa shape index (κ2) is 16.5. The molecule has 0 radical (unpaired) electrons. The Labute approximate surface area is 212 Å². The summed E-state index contributed by atoms with van der Waals surface area (Å²) in [6.07, 6.45) is 12.9. The molecule has 0 aliphatic rings. The van der Waals surface area contributed by atoms with Gasteiger partial charge in [0, 0.05) is 11.8 Å². The molecule has 2 aromatic rings. The van der Waals surface area contributed by atoms with Gasteiger partial charge in [0.05, 0.1) is 25.4 Å². The van der Waals surface area contributed by atoms with Crippen molar-refractivity contribution < 1.29 is 19.7 Å². The number of unbranched alkanes of at least 4 members (excludes halogenated alkanes) is 8. The van der Waals surface area contributed by atoms with Crippen LogP contribution in [0.4, 0.5) is 0 Å². The monoisotopic (exact) mass is 485 g/mol. The van der Waals surface area contributed by atoms with E-state index >= 15 is 0 Å². The third-order valence-electron chi connectivity index (χ3n) is 6.87. The topological polar surface area (TPSA) is 78.8 Å². The van der Waals surface area contributed by atoms with Crippen LogP contribution in [0.2, 0.25) is 0 Å². The van der Waals surface area contributed by atoms with E-state index in [0.29, 0.717) is 19.3 Å². The van der Waals surface area contributed by atoms with Gasteiger partial charge in [-0.1, -0.05) is 95.5 Å². The van der Waals surface area contributed by atoms with E-state index in [2.05, 4.69) is 37.4 Å². The van der Waals surface area contributed by atoms with Crippen molar-refractivity contribution in [2.24, 2.45) is 0 Å². The van der Waals surface area contributed by atoms with E-state index in [9.17, 15) is 15.0 Å². The van der Waals surface area contributed by atoms with Gasteiger partial charge in [-0.2, -0.15) is 0 Å². The predicted molar refractivity (Wildman–Crippen MR) is 145 cm³/mol. The minimum atomic E-state index is -1.02. The Morgan fingerprint density at radius 2 is 1.46 bits per heavy atom. The summed E-state index contributed by atoms with van der Waals surface area (Å²) in [5.74, 6) is 0.795. The second-order valence-electron chi connectivity index (χ2n) is 9.84. The number of aryl methyl sites for hydroxylation is 1. The average molecular weight is 486 g/mol. The van der Waals surface area contributed by atoms with Crippen LogP contribution < -0.4 is 10.1 Å². The van der Waals surface area contributed by atoms with Gasteiger partial charge in [0.1, 0.15) is 5.75 Å². The highest BCUT2D eigenvalue weighted by Gasteiger charge is 2.30. The van der Waals surface area contributed by atoms with Crippen molar-refractivity contribution in [3.8, 4) is 5.75 Å². The van der Waals surface area contributed by atoms with Crippen LogP contribution in [0.25, 0.3) is 10.8 Å². The molecule has 2 aromatic carbocycles. The van der Waals surface area contributed by atoms with Gasteiger partial charge >= 0.3 is 0 Å². The molecular formula is C30H47NO4. The zero-order valence-corrected chi connectivity index (χ0v) is 22.0. The summed E-state index contributed by atoms with van der Waals surface area (Å²) in [7, 11) is 0. The summed E-state index contributed by atoms with van der Waals surface area (Å²) >= 11 is 0. The summed E-state index contributed by atoms with van der Waals surface area (Å²) in [6, 6.07) is 12.3. The summed E-state index contributed by atoms with van der Waals surface area (Å²) in [6.45, 7) is 4.53. The number of hydrogen-bond donors (Lipinski definition) is 3. The molecular weight excluding hydrogens is 438 g/mol. The normalized spacial score (nSPS) is 11.7. The van der Waals surface area contributed by atoms with Gasteiger partial charge < -0.3 is 20.3 Å². The van der Waals surface area contributed by atoms with Gasteiger partial charge in [0.2, 0.25) is 5.91 Å². The van der Waals surface area contributed by atoms with Crippen LogP contribution in [0.3, 0.4) is 0 Å². The third-order valence-corrected chi connectivity index (χ3v) is 6.87. The van der Waals surface area contributed by atoms with Crippen molar-refractivity contribution in [1.82, 2.24) is 5.32 Å². The highest BCUT2D eigenvalue weighted by molar-refractivity contribution is 5.91. The fraction of sp³-hybridized carbons (Fsp3) is 0.633. The lowest BCUT2D eigenvalue weighted by atomic mass is 9.90. The molecule has 5 heteroatoms. The maximum Gasteiger partial charge on any atom is 0.220 e. The minimum Gasteiger partial charge on any atom is -0.493 e. The van der Waals surface area contributed by atoms with Crippen LogP contribution in [0, 0.1) is 0 Å². The van der Waals surface area contributed by atoms with Crippen LogP contribution in [0.15, 0.2) is 36.4 Å². The molecule has 0 spiro atoms. The lowest BCUT2D eigenvalue weighted by Crippen LogP contribution is -2.54. The molecule has 2 rings (SSSR count). The lowest BCUT2D eigenvalue weighted by Gasteiger charge is -2.31. The molecule has 0 aromatic heterocycles. The van der Waals surface area contributed by atoms with Crippen molar-refractivity contribution in [3.05, 3.63) is 42.0 Å². The van der Waals surface area contributed by atoms with E-state index in [-0.39, 0.29) is 19.1 Å². The fourth-order valence-electron chi connectivity index (χ4n) is 4.54. The standard InChI is InChI=1S/C30H47NO4/c1-3-5-7-9-11-17-29(34)31-30(23-32,24-33)21-20-25-18-19-28(27-16-13-12-15-26(25)27)35-22-14-10-8-6-4-2/h12-13,15-16,18-19,32-33H,3-11,14,17,20-24H2,1-2H3,(H,31,34). The third kappa shape index (κ3) is 9.81. The number of ether oxygens (including phenoxy) is 1. The molecule has 3 N–H and O–H groups in total.